The van der Waals surface area contributed by atoms with Crippen molar-refractivity contribution in [3.63, 3.8) is 0 Å². The maximum atomic E-state index is 4.10. The predicted molar refractivity (Wildman–Crippen MR) is 37.1 cm³/mol. The third-order valence-electron chi connectivity index (χ3n) is 1.30. The molecule has 0 amide bonds. The highest BCUT2D eigenvalue weighted by Crippen LogP contribution is 2.12. The molecule has 0 aromatic carbocycles. The van der Waals surface area contributed by atoms with Gasteiger partial charge in [-0.05, 0) is 12.8 Å². The van der Waals surface area contributed by atoms with Crippen LogP contribution in [0.1, 0.15) is 31.2 Å². The van der Waals surface area contributed by atoms with E-state index in [1.165, 1.54) is 0 Å². The molecular formula is C7H11N2. The summed E-state index contributed by atoms with van der Waals surface area (Å²) in [5.41, 5.74) is 2.00. The average molecular weight is 123 g/mol. The Hall–Kier alpha value is -0.790. The molecule has 0 atom stereocenters. The topological polar surface area (TPSA) is 28.7 Å². The lowest BCUT2D eigenvalue weighted by Gasteiger charge is -1.98. The number of rotatable bonds is 1. The van der Waals surface area contributed by atoms with E-state index in [1.807, 2.05) is 0 Å². The fourth-order valence-electron chi connectivity index (χ4n) is 0.829. The molecule has 0 spiro atoms. The average Bonchev–Trinajstić information content (AvgIpc) is 2.13. The van der Waals surface area contributed by atoms with Crippen LogP contribution >= 0.6 is 0 Å². The van der Waals surface area contributed by atoms with Gasteiger partial charge in [0.25, 0.3) is 0 Å². The van der Waals surface area contributed by atoms with E-state index in [0.717, 1.165) is 11.4 Å². The van der Waals surface area contributed by atoms with Gasteiger partial charge < -0.3 is 4.98 Å². The van der Waals surface area contributed by atoms with Crippen molar-refractivity contribution in [2.24, 2.45) is 0 Å². The Kier molecular flexibility index (Phi) is 1.56. The van der Waals surface area contributed by atoms with Crippen LogP contribution in [0, 0.1) is 6.92 Å². The van der Waals surface area contributed by atoms with Crippen LogP contribution in [0.4, 0.5) is 0 Å². The van der Waals surface area contributed by atoms with Crippen LogP contribution in [0.15, 0.2) is 6.33 Å². The summed E-state index contributed by atoms with van der Waals surface area (Å²) in [6, 6.07) is 0. The maximum absolute atomic E-state index is 4.10. The molecule has 2 heteroatoms. The largest absolute Gasteiger partial charge is 0.348 e. The Morgan fingerprint density at radius 2 is 2.33 bits per heavy atom. The molecule has 1 aromatic heterocycles. The molecule has 9 heavy (non-hydrogen) atoms. The molecular weight excluding hydrogens is 112 g/mol. The third kappa shape index (κ3) is 1.12. The predicted octanol–water partition coefficient (Wildman–Crippen LogP) is 1.72. The lowest BCUT2D eigenvalue weighted by molar-refractivity contribution is 0.827. The van der Waals surface area contributed by atoms with Crippen molar-refractivity contribution in [2.75, 3.05) is 0 Å². The minimum absolute atomic E-state index is 0.476. The first kappa shape index (κ1) is 6.33. The van der Waals surface area contributed by atoms with Crippen molar-refractivity contribution in [1.29, 1.82) is 0 Å². The summed E-state index contributed by atoms with van der Waals surface area (Å²) in [5, 5.41) is 0. The Morgan fingerprint density at radius 1 is 1.67 bits per heavy atom. The highest BCUT2D eigenvalue weighted by molar-refractivity contribution is 5.16. The van der Waals surface area contributed by atoms with E-state index >= 15 is 0 Å². The van der Waals surface area contributed by atoms with Crippen molar-refractivity contribution in [3.05, 3.63) is 24.6 Å². The van der Waals surface area contributed by atoms with Gasteiger partial charge >= 0.3 is 0 Å². The first-order valence-corrected chi connectivity index (χ1v) is 3.07. The molecule has 0 unspecified atom stereocenters. The summed E-state index contributed by atoms with van der Waals surface area (Å²) < 4.78 is 0. The first-order valence-electron chi connectivity index (χ1n) is 3.07. The van der Waals surface area contributed by atoms with Gasteiger partial charge in [-0.1, -0.05) is 13.8 Å². The van der Waals surface area contributed by atoms with Gasteiger partial charge in [0.2, 0.25) is 0 Å². The van der Waals surface area contributed by atoms with E-state index < -0.39 is 0 Å². The third-order valence-corrected chi connectivity index (χ3v) is 1.30. The summed E-state index contributed by atoms with van der Waals surface area (Å²) in [4.78, 5) is 7.02. The molecule has 1 radical (unpaired) electrons. The molecule has 1 aromatic rings. The molecule has 1 heterocycles. The molecule has 0 aliphatic rings. The minimum Gasteiger partial charge on any atom is -0.348 e. The summed E-state index contributed by atoms with van der Waals surface area (Å²) >= 11 is 0. The molecule has 0 saturated carbocycles. The van der Waals surface area contributed by atoms with Crippen molar-refractivity contribution in [3.8, 4) is 0 Å². The zero-order chi connectivity index (χ0) is 6.85. The summed E-state index contributed by atoms with van der Waals surface area (Å²) in [6.45, 7) is 7.99. The highest BCUT2D eigenvalue weighted by Gasteiger charge is 2.03. The smallest absolute Gasteiger partial charge is 0.0925 e. The Balaban J connectivity index is 2.94. The van der Waals surface area contributed by atoms with E-state index in [9.17, 15) is 0 Å². The monoisotopic (exact) mass is 123 g/mol. The summed E-state index contributed by atoms with van der Waals surface area (Å²) in [6.07, 6.45) is 1.68. The van der Waals surface area contributed by atoms with E-state index in [-0.39, 0.29) is 0 Å². The van der Waals surface area contributed by atoms with Gasteiger partial charge in [-0.25, -0.2) is 4.98 Å². The second-order valence-electron chi connectivity index (χ2n) is 2.42. The normalized spacial score (nSPS) is 10.7. The molecule has 0 saturated heterocycles. The van der Waals surface area contributed by atoms with Crippen molar-refractivity contribution in [2.45, 2.75) is 19.8 Å². The lowest BCUT2D eigenvalue weighted by atomic mass is 10.1. The van der Waals surface area contributed by atoms with Crippen LogP contribution in [-0.4, -0.2) is 9.97 Å². The van der Waals surface area contributed by atoms with E-state index in [2.05, 4.69) is 30.7 Å². The van der Waals surface area contributed by atoms with Gasteiger partial charge in [0.05, 0.1) is 12.0 Å². The van der Waals surface area contributed by atoms with E-state index in [4.69, 9.17) is 0 Å². The van der Waals surface area contributed by atoms with Crippen LogP contribution in [0.2, 0.25) is 0 Å². The molecule has 1 N–H and O–H groups in total. The standard InChI is InChI=1S/C7H11N2/c1-5(2)7-6(3)8-4-9-7/h4-5H,3H2,1-2H3,(H,8,9). The van der Waals surface area contributed by atoms with Gasteiger partial charge in [0.15, 0.2) is 0 Å². The summed E-state index contributed by atoms with van der Waals surface area (Å²) in [7, 11) is 0. The van der Waals surface area contributed by atoms with Crippen LogP contribution in [0.5, 0.6) is 0 Å². The number of aromatic nitrogens is 2. The molecule has 49 valence electrons. The summed E-state index contributed by atoms with van der Waals surface area (Å²) in [5.74, 6) is 0.476. The van der Waals surface area contributed by atoms with Gasteiger partial charge in [-0.2, -0.15) is 0 Å². The zero-order valence-electron chi connectivity index (χ0n) is 5.81. The molecule has 1 rings (SSSR count). The van der Waals surface area contributed by atoms with E-state index in [1.54, 1.807) is 6.33 Å². The minimum atomic E-state index is 0.476. The number of nitrogens with zero attached hydrogens (tertiary/aromatic N) is 1. The second kappa shape index (κ2) is 2.21. The van der Waals surface area contributed by atoms with Crippen LogP contribution < -0.4 is 0 Å². The quantitative estimate of drug-likeness (QED) is 0.605. The van der Waals surface area contributed by atoms with Gasteiger partial charge in [-0.3, -0.25) is 0 Å². The van der Waals surface area contributed by atoms with Crippen LogP contribution in [0.25, 0.3) is 0 Å². The molecule has 0 fully saturated rings. The van der Waals surface area contributed by atoms with Crippen LogP contribution in [-0.2, 0) is 0 Å². The molecule has 2 nitrogen and oxygen atoms in total. The SMILES string of the molecule is [CH2]c1[nH]cnc1C(C)C. The van der Waals surface area contributed by atoms with E-state index in [0.29, 0.717) is 5.92 Å². The second-order valence-corrected chi connectivity index (χ2v) is 2.42. The number of H-pyrrole nitrogens is 1. The number of imidazole rings is 1. The number of aromatic amines is 1. The number of hydrogen-bond acceptors (Lipinski definition) is 1. The lowest BCUT2D eigenvalue weighted by Crippen LogP contribution is -1.89. The number of nitrogens with one attached hydrogen (secondary N) is 1. The van der Waals surface area contributed by atoms with Crippen molar-refractivity contribution in [1.82, 2.24) is 9.97 Å². The fourth-order valence-corrected chi connectivity index (χ4v) is 0.829. The van der Waals surface area contributed by atoms with Gasteiger partial charge in [-0.15, -0.1) is 0 Å². The first-order chi connectivity index (χ1) is 4.22. The Labute approximate surface area is 55.3 Å². The van der Waals surface area contributed by atoms with Crippen LogP contribution in [0.3, 0.4) is 0 Å². The van der Waals surface area contributed by atoms with Crippen molar-refractivity contribution < 1.29 is 0 Å². The molecule has 0 aliphatic heterocycles. The highest BCUT2D eigenvalue weighted by atomic mass is 14.9. The fraction of sp³-hybridized carbons (Fsp3) is 0.429. The molecule has 0 aliphatic carbocycles. The van der Waals surface area contributed by atoms with Crippen molar-refractivity contribution >= 4 is 0 Å². The number of hydrogen-bond donors (Lipinski definition) is 1. The van der Waals surface area contributed by atoms with Gasteiger partial charge in [0, 0.05) is 5.69 Å². The van der Waals surface area contributed by atoms with Gasteiger partial charge in [0.1, 0.15) is 0 Å². The Bertz CT molecular complexity index is 189. The Morgan fingerprint density at radius 3 is 2.56 bits per heavy atom. The molecule has 0 bridgehead atoms. The maximum Gasteiger partial charge on any atom is 0.0925 e. The zero-order valence-corrected chi connectivity index (χ0v) is 5.81.